The third kappa shape index (κ3) is 4.60. The number of esters is 1. The monoisotopic (exact) mass is 354 g/mol. The molecular weight excluding hydrogens is 336 g/mol. The first kappa shape index (κ1) is 17.6. The van der Waals surface area contributed by atoms with Crippen LogP contribution in [-0.4, -0.2) is 25.9 Å². The molecular formula is C15H18N2O4S2. The van der Waals surface area contributed by atoms with E-state index in [9.17, 15) is 13.2 Å². The van der Waals surface area contributed by atoms with E-state index in [2.05, 4.69) is 9.71 Å². The fourth-order valence-electron chi connectivity index (χ4n) is 1.86. The largest absolute Gasteiger partial charge is 0.456 e. The molecule has 1 aromatic heterocycles. The maximum absolute atomic E-state index is 12.1. The predicted molar refractivity (Wildman–Crippen MR) is 87.9 cm³/mol. The highest BCUT2D eigenvalue weighted by Crippen LogP contribution is 2.14. The van der Waals surface area contributed by atoms with Crippen LogP contribution in [0.4, 0.5) is 0 Å². The van der Waals surface area contributed by atoms with E-state index in [0.29, 0.717) is 5.69 Å². The molecule has 124 valence electrons. The minimum Gasteiger partial charge on any atom is -0.456 e. The summed E-state index contributed by atoms with van der Waals surface area (Å²) >= 11 is 1.52. The number of thiazole rings is 1. The molecule has 1 heterocycles. The fourth-order valence-corrected chi connectivity index (χ4v) is 3.68. The Labute approximate surface area is 139 Å². The lowest BCUT2D eigenvalue weighted by Gasteiger charge is -2.07. The Morgan fingerprint density at radius 1 is 1.35 bits per heavy atom. The maximum atomic E-state index is 12.1. The summed E-state index contributed by atoms with van der Waals surface area (Å²) in [7, 11) is -3.60. The van der Waals surface area contributed by atoms with E-state index in [-0.39, 0.29) is 23.6 Å². The molecule has 1 aromatic carbocycles. The lowest BCUT2D eigenvalue weighted by molar-refractivity contribution is 0.0468. The Kier molecular flexibility index (Phi) is 5.86. The van der Waals surface area contributed by atoms with Gasteiger partial charge in [-0.15, -0.1) is 11.3 Å². The van der Waals surface area contributed by atoms with Crippen molar-refractivity contribution in [3.05, 3.63) is 45.9 Å². The zero-order chi connectivity index (χ0) is 16.9. The summed E-state index contributed by atoms with van der Waals surface area (Å²) in [5.74, 6) is -0.579. The number of aryl methyl sites for hydroxylation is 1. The Morgan fingerprint density at radius 2 is 2.13 bits per heavy atom. The van der Waals surface area contributed by atoms with Gasteiger partial charge < -0.3 is 4.74 Å². The molecule has 1 N–H and O–H groups in total. The first-order chi connectivity index (χ1) is 11.0. The number of sulfonamides is 1. The molecule has 0 saturated heterocycles. The number of benzene rings is 1. The predicted octanol–water partition coefficient (Wildman–Crippen LogP) is 2.36. The van der Waals surface area contributed by atoms with Gasteiger partial charge in [0.25, 0.3) is 0 Å². The number of hydrogen-bond donors (Lipinski definition) is 1. The number of rotatable bonds is 7. The van der Waals surface area contributed by atoms with Crippen molar-refractivity contribution in [1.82, 2.24) is 9.71 Å². The Hall–Kier alpha value is -1.77. The molecule has 0 fully saturated rings. The van der Waals surface area contributed by atoms with Crippen molar-refractivity contribution in [3.63, 3.8) is 0 Å². The Balaban J connectivity index is 2.07. The summed E-state index contributed by atoms with van der Waals surface area (Å²) in [6.07, 6.45) is 0.836. The summed E-state index contributed by atoms with van der Waals surface area (Å²) < 4.78 is 31.5. The van der Waals surface area contributed by atoms with Crippen LogP contribution in [0.25, 0.3) is 0 Å². The highest BCUT2D eigenvalue weighted by atomic mass is 32.2. The maximum Gasteiger partial charge on any atom is 0.338 e. The summed E-state index contributed by atoms with van der Waals surface area (Å²) in [5, 5.41) is 2.83. The zero-order valence-corrected chi connectivity index (χ0v) is 14.5. The van der Waals surface area contributed by atoms with Crippen molar-refractivity contribution in [2.24, 2.45) is 0 Å². The Bertz CT molecular complexity index is 784. The molecule has 0 radical (unpaired) electrons. The quantitative estimate of drug-likeness (QED) is 0.772. The molecule has 0 bridgehead atoms. The number of carbonyl (C=O) groups excluding carboxylic acids is 1. The second kappa shape index (κ2) is 7.67. The molecule has 2 aromatic rings. The van der Waals surface area contributed by atoms with Crippen molar-refractivity contribution in [2.45, 2.75) is 31.8 Å². The average Bonchev–Trinajstić information content (AvgIpc) is 3.01. The van der Waals surface area contributed by atoms with Gasteiger partial charge in [-0.05, 0) is 24.6 Å². The second-order valence-electron chi connectivity index (χ2n) is 4.69. The van der Waals surface area contributed by atoms with Crippen molar-refractivity contribution in [1.29, 1.82) is 0 Å². The standard InChI is InChI=1S/C15H18N2O4S2/c1-3-14-17-12(10-22-14)9-21-15(18)11-6-5-7-13(8-11)23(19,20)16-4-2/h5-8,10,16H,3-4,9H2,1-2H3. The lowest BCUT2D eigenvalue weighted by Crippen LogP contribution is -2.23. The molecule has 0 spiro atoms. The van der Waals surface area contributed by atoms with Gasteiger partial charge in [0.2, 0.25) is 10.0 Å². The molecule has 0 aliphatic rings. The molecule has 0 amide bonds. The number of hydrogen-bond acceptors (Lipinski definition) is 6. The zero-order valence-electron chi connectivity index (χ0n) is 12.9. The number of aromatic nitrogens is 1. The van der Waals surface area contributed by atoms with Gasteiger partial charge in [0.05, 0.1) is 21.2 Å². The van der Waals surface area contributed by atoms with Gasteiger partial charge in [0.1, 0.15) is 6.61 Å². The van der Waals surface area contributed by atoms with Gasteiger partial charge in [-0.2, -0.15) is 0 Å². The summed E-state index contributed by atoms with van der Waals surface area (Å²) in [4.78, 5) is 16.4. The normalized spacial score (nSPS) is 11.4. The van der Waals surface area contributed by atoms with E-state index in [1.165, 1.54) is 35.6 Å². The van der Waals surface area contributed by atoms with E-state index in [1.54, 1.807) is 6.92 Å². The number of nitrogens with one attached hydrogen (secondary N) is 1. The van der Waals surface area contributed by atoms with Crippen LogP contribution >= 0.6 is 11.3 Å². The minimum atomic E-state index is -3.60. The second-order valence-corrected chi connectivity index (χ2v) is 7.40. The minimum absolute atomic E-state index is 0.0377. The first-order valence-corrected chi connectivity index (χ1v) is 9.52. The van der Waals surface area contributed by atoms with Gasteiger partial charge in [-0.1, -0.05) is 19.9 Å². The van der Waals surface area contributed by atoms with Crippen molar-refractivity contribution in [3.8, 4) is 0 Å². The van der Waals surface area contributed by atoms with E-state index < -0.39 is 16.0 Å². The van der Waals surface area contributed by atoms with Gasteiger partial charge in [-0.25, -0.2) is 22.9 Å². The van der Waals surface area contributed by atoms with Gasteiger partial charge >= 0.3 is 5.97 Å². The lowest BCUT2D eigenvalue weighted by atomic mass is 10.2. The molecule has 0 atom stereocenters. The highest BCUT2D eigenvalue weighted by molar-refractivity contribution is 7.89. The molecule has 0 aliphatic carbocycles. The number of nitrogens with zero attached hydrogens (tertiary/aromatic N) is 1. The number of carbonyl (C=O) groups is 1. The van der Waals surface area contributed by atoms with Crippen LogP contribution in [-0.2, 0) is 27.8 Å². The molecule has 0 aliphatic heterocycles. The van der Waals surface area contributed by atoms with E-state index in [1.807, 2.05) is 12.3 Å². The van der Waals surface area contributed by atoms with Crippen LogP contribution in [0.15, 0.2) is 34.5 Å². The van der Waals surface area contributed by atoms with Crippen LogP contribution in [0.5, 0.6) is 0 Å². The van der Waals surface area contributed by atoms with Crippen LogP contribution < -0.4 is 4.72 Å². The van der Waals surface area contributed by atoms with Crippen LogP contribution in [0.1, 0.15) is 34.9 Å². The summed E-state index contributed by atoms with van der Waals surface area (Å²) in [6.45, 7) is 4.04. The molecule has 0 saturated carbocycles. The van der Waals surface area contributed by atoms with Crippen LogP contribution in [0.3, 0.4) is 0 Å². The van der Waals surface area contributed by atoms with Crippen molar-refractivity contribution < 1.29 is 17.9 Å². The van der Waals surface area contributed by atoms with Crippen molar-refractivity contribution >= 4 is 27.3 Å². The molecule has 23 heavy (non-hydrogen) atoms. The molecule has 8 heteroatoms. The topological polar surface area (TPSA) is 85.4 Å². The highest BCUT2D eigenvalue weighted by Gasteiger charge is 2.16. The van der Waals surface area contributed by atoms with Gasteiger partial charge in [0, 0.05) is 11.9 Å². The molecule has 6 nitrogen and oxygen atoms in total. The van der Waals surface area contributed by atoms with Crippen LogP contribution in [0, 0.1) is 0 Å². The summed E-state index contributed by atoms with van der Waals surface area (Å²) in [6, 6.07) is 5.77. The first-order valence-electron chi connectivity index (χ1n) is 7.16. The summed E-state index contributed by atoms with van der Waals surface area (Å²) in [5.41, 5.74) is 0.881. The smallest absolute Gasteiger partial charge is 0.338 e. The van der Waals surface area contributed by atoms with E-state index in [0.717, 1.165) is 11.4 Å². The van der Waals surface area contributed by atoms with E-state index in [4.69, 9.17) is 4.74 Å². The van der Waals surface area contributed by atoms with Gasteiger partial charge in [0.15, 0.2) is 0 Å². The van der Waals surface area contributed by atoms with Crippen LogP contribution in [0.2, 0.25) is 0 Å². The fraction of sp³-hybridized carbons (Fsp3) is 0.333. The third-order valence-corrected chi connectivity index (χ3v) is 5.55. The van der Waals surface area contributed by atoms with E-state index >= 15 is 0 Å². The van der Waals surface area contributed by atoms with Gasteiger partial charge in [-0.3, -0.25) is 0 Å². The molecule has 0 unspecified atom stereocenters. The third-order valence-electron chi connectivity index (χ3n) is 2.97. The van der Waals surface area contributed by atoms with Crippen molar-refractivity contribution in [2.75, 3.05) is 6.54 Å². The molecule has 2 rings (SSSR count). The average molecular weight is 354 g/mol. The Morgan fingerprint density at radius 3 is 2.78 bits per heavy atom. The SMILES string of the molecule is CCNS(=O)(=O)c1cccc(C(=O)OCc2csc(CC)n2)c1. The number of ether oxygens (including phenoxy) is 1.